The van der Waals surface area contributed by atoms with Crippen LogP contribution in [0.1, 0.15) is 24.3 Å². The fourth-order valence-corrected chi connectivity index (χ4v) is 3.07. The third-order valence-corrected chi connectivity index (χ3v) is 3.54. The van der Waals surface area contributed by atoms with Gasteiger partial charge in [-0.15, -0.1) is 0 Å². The second-order valence-corrected chi connectivity index (χ2v) is 5.07. The van der Waals surface area contributed by atoms with Crippen molar-refractivity contribution in [2.45, 2.75) is 18.8 Å². The predicted molar refractivity (Wildman–Crippen MR) is 61.1 cm³/mol. The summed E-state index contributed by atoms with van der Waals surface area (Å²) in [5, 5.41) is 1.14. The Labute approximate surface area is 101 Å². The van der Waals surface area contributed by atoms with Crippen LogP contribution in [0.2, 0.25) is 10.0 Å². The lowest BCUT2D eigenvalue weighted by atomic mass is 9.78. The minimum absolute atomic E-state index is 0.0805. The fraction of sp³-hybridized carbons (Fsp3) is 0.300. The average Bonchev–Trinajstić information content (AvgIpc) is 2.08. The first-order valence-electron chi connectivity index (χ1n) is 4.26. The number of hydrogen-bond donors (Lipinski definition) is 0. The van der Waals surface area contributed by atoms with Gasteiger partial charge in [0.1, 0.15) is 5.78 Å². The third-order valence-electron chi connectivity index (χ3n) is 2.46. The average molecular weight is 294 g/mol. The largest absolute Gasteiger partial charge is 0.299 e. The molecule has 1 aromatic carbocycles. The molecule has 0 aliphatic heterocycles. The monoisotopic (exact) mass is 292 g/mol. The first kappa shape index (κ1) is 10.5. The first-order valence-corrected chi connectivity index (χ1v) is 5.81. The Morgan fingerprint density at radius 1 is 1.29 bits per heavy atom. The molecule has 1 nitrogen and oxygen atoms in total. The molecule has 4 heteroatoms. The number of carbonyl (C=O) groups excluding carboxylic acids is 1. The number of rotatable bonds is 1. The molecule has 0 radical (unpaired) electrons. The second kappa shape index (κ2) is 3.84. The molecule has 1 unspecified atom stereocenters. The van der Waals surface area contributed by atoms with Crippen molar-refractivity contribution in [3.63, 3.8) is 0 Å². The van der Waals surface area contributed by atoms with Crippen LogP contribution in [0.4, 0.5) is 0 Å². The van der Waals surface area contributed by atoms with Gasteiger partial charge in [-0.1, -0.05) is 39.1 Å². The van der Waals surface area contributed by atoms with Gasteiger partial charge in [0.15, 0.2) is 0 Å². The molecule has 0 heterocycles. The van der Waals surface area contributed by atoms with Crippen LogP contribution in [0.25, 0.3) is 0 Å². The van der Waals surface area contributed by atoms with E-state index in [-0.39, 0.29) is 11.7 Å². The van der Waals surface area contributed by atoms with Gasteiger partial charge < -0.3 is 0 Å². The summed E-state index contributed by atoms with van der Waals surface area (Å²) in [6.07, 6.45) is 1.51. The van der Waals surface area contributed by atoms with Gasteiger partial charge in [-0.3, -0.25) is 4.79 Å². The molecule has 1 aliphatic carbocycles. The summed E-state index contributed by atoms with van der Waals surface area (Å²) in [6, 6.07) is 3.54. The zero-order chi connectivity index (χ0) is 10.3. The minimum atomic E-state index is -0.0805. The normalized spacial score (nSPS) is 20.8. The lowest BCUT2D eigenvalue weighted by Crippen LogP contribution is -2.23. The molecular formula is C10H7BrCl2O. The molecule has 1 atom stereocenters. The van der Waals surface area contributed by atoms with Crippen LogP contribution < -0.4 is 0 Å². The highest BCUT2D eigenvalue weighted by atomic mass is 79.9. The van der Waals surface area contributed by atoms with E-state index in [9.17, 15) is 4.79 Å². The molecule has 0 amide bonds. The van der Waals surface area contributed by atoms with Gasteiger partial charge in [-0.25, -0.2) is 0 Å². The number of halogens is 3. The number of Topliss-reactive ketones (excluding diaryl/α,β-unsaturated/α-hetero) is 1. The molecule has 0 bridgehead atoms. The number of hydrogen-bond acceptors (Lipinski definition) is 1. The van der Waals surface area contributed by atoms with Gasteiger partial charge >= 0.3 is 0 Å². The van der Waals surface area contributed by atoms with Gasteiger partial charge in [-0.05, 0) is 24.1 Å². The minimum Gasteiger partial charge on any atom is -0.299 e. The van der Waals surface area contributed by atoms with Crippen molar-refractivity contribution < 1.29 is 4.79 Å². The summed E-state index contributed by atoms with van der Waals surface area (Å²) in [4.78, 5) is 11.3. The highest BCUT2D eigenvalue weighted by Gasteiger charge is 2.32. The summed E-state index contributed by atoms with van der Waals surface area (Å²) in [5.41, 5.74) is 0.785. The van der Waals surface area contributed by atoms with E-state index < -0.39 is 0 Å². The van der Waals surface area contributed by atoms with E-state index in [4.69, 9.17) is 23.2 Å². The van der Waals surface area contributed by atoms with Crippen LogP contribution in [0.15, 0.2) is 16.6 Å². The van der Waals surface area contributed by atoms with Crippen molar-refractivity contribution in [3.8, 4) is 0 Å². The Balaban J connectivity index is 2.47. The lowest BCUT2D eigenvalue weighted by Gasteiger charge is -2.26. The molecule has 0 N–H and O–H groups in total. The topological polar surface area (TPSA) is 17.1 Å². The van der Waals surface area contributed by atoms with Crippen molar-refractivity contribution in [3.05, 3.63) is 32.2 Å². The number of benzene rings is 1. The predicted octanol–water partition coefficient (Wildman–Crippen LogP) is 4.20. The molecule has 1 aliphatic rings. The Hall–Kier alpha value is -0.0500. The molecule has 74 valence electrons. The molecule has 0 saturated heterocycles. The van der Waals surface area contributed by atoms with Crippen molar-refractivity contribution in [1.82, 2.24) is 0 Å². The van der Waals surface area contributed by atoms with E-state index in [0.717, 1.165) is 16.5 Å². The summed E-state index contributed by atoms with van der Waals surface area (Å²) < 4.78 is 0.836. The lowest BCUT2D eigenvalue weighted by molar-refractivity contribution is -0.125. The maximum Gasteiger partial charge on any atom is 0.140 e. The van der Waals surface area contributed by atoms with Crippen LogP contribution in [0.3, 0.4) is 0 Å². The van der Waals surface area contributed by atoms with E-state index in [1.165, 1.54) is 0 Å². The van der Waals surface area contributed by atoms with Crippen LogP contribution >= 0.6 is 39.1 Å². The zero-order valence-corrected chi connectivity index (χ0v) is 10.3. The Kier molecular flexibility index (Phi) is 2.87. The molecule has 2 rings (SSSR count). The van der Waals surface area contributed by atoms with Crippen LogP contribution in [-0.2, 0) is 4.79 Å². The fourth-order valence-electron chi connectivity index (χ4n) is 1.60. The summed E-state index contributed by atoms with van der Waals surface area (Å²) >= 11 is 15.4. The highest BCUT2D eigenvalue weighted by molar-refractivity contribution is 9.10. The molecule has 0 spiro atoms. The van der Waals surface area contributed by atoms with Crippen molar-refractivity contribution in [1.29, 1.82) is 0 Å². The smallest absolute Gasteiger partial charge is 0.140 e. The molecule has 14 heavy (non-hydrogen) atoms. The van der Waals surface area contributed by atoms with Crippen molar-refractivity contribution >= 4 is 44.9 Å². The van der Waals surface area contributed by atoms with Gasteiger partial charge in [0.2, 0.25) is 0 Å². The van der Waals surface area contributed by atoms with E-state index in [1.54, 1.807) is 12.1 Å². The van der Waals surface area contributed by atoms with E-state index >= 15 is 0 Å². The van der Waals surface area contributed by atoms with E-state index in [0.29, 0.717) is 16.5 Å². The maximum atomic E-state index is 11.3. The number of carbonyl (C=O) groups is 1. The summed E-state index contributed by atoms with van der Waals surface area (Å²) in [7, 11) is 0. The molecule has 1 aromatic rings. The zero-order valence-electron chi connectivity index (χ0n) is 7.19. The van der Waals surface area contributed by atoms with Gasteiger partial charge in [-0.2, -0.15) is 0 Å². The van der Waals surface area contributed by atoms with Gasteiger partial charge in [0.05, 0.1) is 0 Å². The third kappa shape index (κ3) is 1.71. The van der Waals surface area contributed by atoms with E-state index in [1.807, 2.05) is 0 Å². The second-order valence-electron chi connectivity index (χ2n) is 3.34. The molecule has 1 saturated carbocycles. The SMILES string of the molecule is O=C1CCC1c1c(Cl)cc(Br)cc1Cl. The van der Waals surface area contributed by atoms with Crippen LogP contribution in [0.5, 0.6) is 0 Å². The highest BCUT2D eigenvalue weighted by Crippen LogP contribution is 2.42. The summed E-state index contributed by atoms with van der Waals surface area (Å²) in [6.45, 7) is 0. The Morgan fingerprint density at radius 2 is 1.86 bits per heavy atom. The molecule has 0 aromatic heterocycles. The first-order chi connectivity index (χ1) is 6.59. The molecular weight excluding hydrogens is 287 g/mol. The Bertz CT molecular complexity index is 380. The Morgan fingerprint density at radius 3 is 2.21 bits per heavy atom. The maximum absolute atomic E-state index is 11.3. The van der Waals surface area contributed by atoms with E-state index in [2.05, 4.69) is 15.9 Å². The summed E-state index contributed by atoms with van der Waals surface area (Å²) in [5.74, 6) is 0.152. The van der Waals surface area contributed by atoms with Crippen LogP contribution in [0, 0.1) is 0 Å². The van der Waals surface area contributed by atoms with Gasteiger partial charge in [0, 0.05) is 26.9 Å². The molecule has 1 fully saturated rings. The number of ketones is 1. The van der Waals surface area contributed by atoms with Crippen LogP contribution in [-0.4, -0.2) is 5.78 Å². The van der Waals surface area contributed by atoms with Crippen molar-refractivity contribution in [2.75, 3.05) is 0 Å². The van der Waals surface area contributed by atoms with Crippen molar-refractivity contribution in [2.24, 2.45) is 0 Å². The standard InChI is InChI=1S/C10H7BrCl2O/c11-5-3-7(12)10(8(13)4-5)6-1-2-9(6)14/h3-4,6H,1-2H2. The van der Waals surface area contributed by atoms with Gasteiger partial charge in [0.25, 0.3) is 0 Å². The quantitative estimate of drug-likeness (QED) is 0.758.